The van der Waals surface area contributed by atoms with Crippen molar-refractivity contribution in [2.24, 2.45) is 0 Å². The lowest BCUT2D eigenvalue weighted by Gasteiger charge is -2.28. The third kappa shape index (κ3) is 4.07. The van der Waals surface area contributed by atoms with Gasteiger partial charge in [-0.3, -0.25) is 14.7 Å². The van der Waals surface area contributed by atoms with Gasteiger partial charge in [0.15, 0.2) is 5.69 Å². The van der Waals surface area contributed by atoms with Crippen LogP contribution >= 0.6 is 15.9 Å². The van der Waals surface area contributed by atoms with Crippen LogP contribution in [0, 0.1) is 0 Å². The van der Waals surface area contributed by atoms with Crippen LogP contribution in [0.2, 0.25) is 0 Å². The molecule has 1 aliphatic heterocycles. The predicted octanol–water partition coefficient (Wildman–Crippen LogP) is 2.16. The molecule has 1 fully saturated rings. The number of anilines is 1. The number of amides is 2. The van der Waals surface area contributed by atoms with Crippen molar-refractivity contribution in [3.63, 3.8) is 0 Å². The minimum atomic E-state index is -0.225. The second-order valence-corrected chi connectivity index (χ2v) is 7.37. The molecule has 0 saturated carbocycles. The fraction of sp³-hybridized carbons (Fsp3) is 0.389. The third-order valence-corrected chi connectivity index (χ3v) is 5.12. The molecule has 2 aromatic rings. The standard InChI is InChI=1S/C18H22BrN5O2/c1-11(2)16-15(19)17(23-22-16)18(26)21-9-12-3-5-13(6-4-12)24-8-7-20-14(25)10-24/h3-6,11H,7-10H2,1-2H3,(H,20,25)(H,21,26)(H,22,23). The lowest BCUT2D eigenvalue weighted by molar-refractivity contribution is -0.120. The van der Waals surface area contributed by atoms with Gasteiger partial charge in [0.1, 0.15) is 0 Å². The molecule has 1 aromatic carbocycles. The fourth-order valence-electron chi connectivity index (χ4n) is 2.82. The number of nitrogens with zero attached hydrogens (tertiary/aromatic N) is 2. The number of rotatable bonds is 5. The number of benzene rings is 1. The first kappa shape index (κ1) is 18.4. The zero-order valence-corrected chi connectivity index (χ0v) is 16.4. The van der Waals surface area contributed by atoms with E-state index in [2.05, 4.69) is 36.8 Å². The number of hydrogen-bond donors (Lipinski definition) is 3. The number of carbonyl (C=O) groups is 2. The third-order valence-electron chi connectivity index (χ3n) is 4.32. The summed E-state index contributed by atoms with van der Waals surface area (Å²) in [6.07, 6.45) is 0. The smallest absolute Gasteiger partial charge is 0.273 e. The number of H-pyrrole nitrogens is 1. The van der Waals surface area contributed by atoms with E-state index in [0.29, 0.717) is 29.8 Å². The highest BCUT2D eigenvalue weighted by Gasteiger charge is 2.19. The van der Waals surface area contributed by atoms with E-state index in [9.17, 15) is 9.59 Å². The monoisotopic (exact) mass is 419 g/mol. The highest BCUT2D eigenvalue weighted by molar-refractivity contribution is 9.10. The molecule has 0 unspecified atom stereocenters. The van der Waals surface area contributed by atoms with E-state index in [-0.39, 0.29) is 17.7 Å². The van der Waals surface area contributed by atoms with Crippen molar-refractivity contribution in [1.29, 1.82) is 0 Å². The van der Waals surface area contributed by atoms with Gasteiger partial charge in [-0.15, -0.1) is 0 Å². The van der Waals surface area contributed by atoms with E-state index in [1.54, 1.807) is 0 Å². The zero-order chi connectivity index (χ0) is 18.7. The summed E-state index contributed by atoms with van der Waals surface area (Å²) in [7, 11) is 0. The van der Waals surface area contributed by atoms with Gasteiger partial charge < -0.3 is 15.5 Å². The van der Waals surface area contributed by atoms with Crippen molar-refractivity contribution >= 4 is 33.4 Å². The Morgan fingerprint density at radius 2 is 2.08 bits per heavy atom. The normalized spacial score (nSPS) is 14.5. The summed E-state index contributed by atoms with van der Waals surface area (Å²) < 4.78 is 0.712. The Labute approximate surface area is 160 Å². The molecule has 1 saturated heterocycles. The first-order chi connectivity index (χ1) is 12.5. The van der Waals surface area contributed by atoms with Crippen LogP contribution < -0.4 is 15.5 Å². The summed E-state index contributed by atoms with van der Waals surface area (Å²) in [6.45, 7) is 6.32. The Balaban J connectivity index is 1.59. The van der Waals surface area contributed by atoms with E-state index < -0.39 is 0 Å². The molecule has 0 spiro atoms. The van der Waals surface area contributed by atoms with Crippen molar-refractivity contribution in [2.75, 3.05) is 24.5 Å². The van der Waals surface area contributed by atoms with E-state index >= 15 is 0 Å². The number of carbonyl (C=O) groups excluding carboxylic acids is 2. The summed E-state index contributed by atoms with van der Waals surface area (Å²) in [6, 6.07) is 7.87. The quantitative estimate of drug-likeness (QED) is 0.692. The van der Waals surface area contributed by atoms with Gasteiger partial charge in [0.05, 0.1) is 16.7 Å². The molecule has 0 atom stereocenters. The molecular formula is C18H22BrN5O2. The van der Waals surface area contributed by atoms with Crippen LogP contribution in [0.1, 0.15) is 41.5 Å². The second kappa shape index (κ2) is 7.90. The summed E-state index contributed by atoms with van der Waals surface area (Å²) in [5.74, 6) is 0.0672. The number of piperazine rings is 1. The van der Waals surface area contributed by atoms with Crippen molar-refractivity contribution in [2.45, 2.75) is 26.3 Å². The van der Waals surface area contributed by atoms with Gasteiger partial charge in [-0.05, 0) is 39.5 Å². The van der Waals surface area contributed by atoms with Gasteiger partial charge in [-0.25, -0.2) is 0 Å². The molecule has 0 bridgehead atoms. The largest absolute Gasteiger partial charge is 0.360 e. The Morgan fingerprint density at radius 3 is 2.69 bits per heavy atom. The van der Waals surface area contributed by atoms with E-state index in [0.717, 1.165) is 23.5 Å². The zero-order valence-electron chi connectivity index (χ0n) is 14.8. The molecule has 2 heterocycles. The van der Waals surface area contributed by atoms with Gasteiger partial charge in [-0.2, -0.15) is 5.10 Å². The molecule has 3 N–H and O–H groups in total. The fourth-order valence-corrected chi connectivity index (χ4v) is 3.64. The van der Waals surface area contributed by atoms with Gasteiger partial charge in [0.25, 0.3) is 5.91 Å². The van der Waals surface area contributed by atoms with Crippen molar-refractivity contribution in [3.8, 4) is 0 Å². The average Bonchev–Trinajstić information content (AvgIpc) is 3.02. The maximum absolute atomic E-state index is 12.3. The van der Waals surface area contributed by atoms with Crippen molar-refractivity contribution in [3.05, 3.63) is 45.7 Å². The highest BCUT2D eigenvalue weighted by Crippen LogP contribution is 2.25. The molecule has 2 amide bonds. The Morgan fingerprint density at radius 1 is 1.35 bits per heavy atom. The van der Waals surface area contributed by atoms with Gasteiger partial charge >= 0.3 is 0 Å². The highest BCUT2D eigenvalue weighted by atomic mass is 79.9. The maximum Gasteiger partial charge on any atom is 0.273 e. The van der Waals surface area contributed by atoms with E-state index in [1.165, 1.54) is 0 Å². The van der Waals surface area contributed by atoms with E-state index in [1.807, 2.05) is 43.0 Å². The number of halogens is 1. The molecule has 1 aromatic heterocycles. The first-order valence-corrected chi connectivity index (χ1v) is 9.37. The molecule has 8 heteroatoms. The van der Waals surface area contributed by atoms with Crippen molar-refractivity contribution in [1.82, 2.24) is 20.8 Å². The average molecular weight is 420 g/mol. The lowest BCUT2D eigenvalue weighted by Crippen LogP contribution is -2.47. The van der Waals surface area contributed by atoms with Crippen LogP contribution in [0.25, 0.3) is 0 Å². The van der Waals surface area contributed by atoms with Crippen LogP contribution in [0.15, 0.2) is 28.7 Å². The van der Waals surface area contributed by atoms with Gasteiger partial charge in [0.2, 0.25) is 5.91 Å². The first-order valence-electron chi connectivity index (χ1n) is 8.58. The number of aromatic nitrogens is 2. The minimum absolute atomic E-state index is 0.0398. The summed E-state index contributed by atoms with van der Waals surface area (Å²) in [4.78, 5) is 25.9. The van der Waals surface area contributed by atoms with Crippen LogP contribution in [-0.2, 0) is 11.3 Å². The van der Waals surface area contributed by atoms with Gasteiger partial charge in [0, 0.05) is 25.3 Å². The molecule has 3 rings (SSSR count). The molecular weight excluding hydrogens is 398 g/mol. The predicted molar refractivity (Wildman–Crippen MR) is 103 cm³/mol. The Kier molecular flexibility index (Phi) is 5.61. The number of aromatic amines is 1. The molecule has 0 aliphatic carbocycles. The van der Waals surface area contributed by atoms with Crippen molar-refractivity contribution < 1.29 is 9.59 Å². The molecule has 0 radical (unpaired) electrons. The summed E-state index contributed by atoms with van der Waals surface area (Å²) in [5.41, 5.74) is 3.26. The minimum Gasteiger partial charge on any atom is -0.360 e. The van der Waals surface area contributed by atoms with Crippen LogP contribution in [0.5, 0.6) is 0 Å². The molecule has 7 nitrogen and oxygen atoms in total. The van der Waals surface area contributed by atoms with Crippen LogP contribution in [0.3, 0.4) is 0 Å². The molecule has 1 aliphatic rings. The Hall–Kier alpha value is -2.35. The van der Waals surface area contributed by atoms with E-state index in [4.69, 9.17) is 0 Å². The molecule has 138 valence electrons. The molecule has 26 heavy (non-hydrogen) atoms. The SMILES string of the molecule is CC(C)c1[nH]nc(C(=O)NCc2ccc(N3CCNC(=O)C3)cc2)c1Br. The topological polar surface area (TPSA) is 90.1 Å². The van der Waals surface area contributed by atoms with Crippen LogP contribution in [0.4, 0.5) is 5.69 Å². The lowest BCUT2D eigenvalue weighted by atomic mass is 10.1. The Bertz CT molecular complexity index is 800. The maximum atomic E-state index is 12.3. The summed E-state index contributed by atoms with van der Waals surface area (Å²) >= 11 is 3.44. The summed E-state index contributed by atoms with van der Waals surface area (Å²) in [5, 5.41) is 12.7. The number of hydrogen-bond acceptors (Lipinski definition) is 4. The van der Waals surface area contributed by atoms with Gasteiger partial charge in [-0.1, -0.05) is 26.0 Å². The second-order valence-electron chi connectivity index (χ2n) is 6.58. The number of nitrogens with one attached hydrogen (secondary N) is 3. The van der Waals surface area contributed by atoms with Crippen LogP contribution in [-0.4, -0.2) is 41.6 Å².